The van der Waals surface area contributed by atoms with Crippen molar-refractivity contribution in [2.75, 3.05) is 13.1 Å². The largest absolute Gasteiger partial charge is 0.341 e. The monoisotopic (exact) mass is 367 g/mol. The molecule has 1 unspecified atom stereocenters. The van der Waals surface area contributed by atoms with E-state index in [0.717, 1.165) is 31.6 Å². The molecular formula is C20H25N5O2. The van der Waals surface area contributed by atoms with Gasteiger partial charge in [-0.3, -0.25) is 9.59 Å². The number of aryl methyl sites for hydroxylation is 1. The van der Waals surface area contributed by atoms with Gasteiger partial charge in [0.2, 0.25) is 5.91 Å². The average Bonchev–Trinajstić information content (AvgIpc) is 3.29. The van der Waals surface area contributed by atoms with Crippen LogP contribution in [0.25, 0.3) is 5.82 Å². The molecule has 0 radical (unpaired) electrons. The fourth-order valence-electron chi connectivity index (χ4n) is 3.69. The molecule has 0 aromatic carbocycles. The van der Waals surface area contributed by atoms with Gasteiger partial charge in [-0.05, 0) is 63.1 Å². The third kappa shape index (κ3) is 3.72. The van der Waals surface area contributed by atoms with Gasteiger partial charge >= 0.3 is 0 Å². The summed E-state index contributed by atoms with van der Waals surface area (Å²) in [4.78, 5) is 31.3. The Morgan fingerprint density at radius 3 is 2.44 bits per heavy atom. The minimum absolute atomic E-state index is 0.00422. The molecule has 27 heavy (non-hydrogen) atoms. The van der Waals surface area contributed by atoms with Gasteiger partial charge in [-0.1, -0.05) is 0 Å². The maximum Gasteiger partial charge on any atom is 0.253 e. The highest BCUT2D eigenvalue weighted by Gasteiger charge is 2.45. The van der Waals surface area contributed by atoms with E-state index in [2.05, 4.69) is 15.4 Å². The quantitative estimate of drug-likeness (QED) is 0.897. The van der Waals surface area contributed by atoms with E-state index in [1.54, 1.807) is 23.7 Å². The van der Waals surface area contributed by atoms with Crippen molar-refractivity contribution in [3.05, 3.63) is 41.9 Å². The number of nitrogens with zero attached hydrogens (tertiary/aromatic N) is 4. The number of aromatic nitrogens is 3. The van der Waals surface area contributed by atoms with Crippen LogP contribution in [0.5, 0.6) is 0 Å². The van der Waals surface area contributed by atoms with Crippen LogP contribution < -0.4 is 5.32 Å². The van der Waals surface area contributed by atoms with Crippen LogP contribution in [0.15, 0.2) is 30.6 Å². The average molecular weight is 367 g/mol. The minimum atomic E-state index is -0.542. The lowest BCUT2D eigenvalue weighted by Crippen LogP contribution is -2.49. The highest BCUT2D eigenvalue weighted by Crippen LogP contribution is 2.53. The molecule has 7 nitrogen and oxygen atoms in total. The molecule has 7 heteroatoms. The number of nitrogens with one attached hydrogen (secondary N) is 1. The zero-order chi connectivity index (χ0) is 19.0. The zero-order valence-corrected chi connectivity index (χ0v) is 15.8. The van der Waals surface area contributed by atoms with E-state index >= 15 is 0 Å². The SMILES string of the molecule is Cc1ccn(-c2ccc(C(=O)NC(C)C(=O)N3CCC4(CC3)CC4)cn2)n1. The topological polar surface area (TPSA) is 80.1 Å². The van der Waals surface area contributed by atoms with Gasteiger partial charge < -0.3 is 10.2 Å². The number of piperidine rings is 1. The number of carbonyl (C=O) groups is 2. The predicted molar refractivity (Wildman–Crippen MR) is 101 cm³/mol. The normalized spacial score (nSPS) is 19.0. The lowest BCUT2D eigenvalue weighted by Gasteiger charge is -2.33. The molecule has 1 atom stereocenters. The fourth-order valence-corrected chi connectivity index (χ4v) is 3.69. The van der Waals surface area contributed by atoms with Crippen molar-refractivity contribution >= 4 is 11.8 Å². The molecule has 4 rings (SSSR count). The van der Waals surface area contributed by atoms with Crippen molar-refractivity contribution in [2.45, 2.75) is 45.6 Å². The van der Waals surface area contributed by atoms with E-state index in [0.29, 0.717) is 16.8 Å². The number of pyridine rings is 1. The Labute approximate surface area is 158 Å². The Balaban J connectivity index is 1.34. The molecule has 3 heterocycles. The Kier molecular flexibility index (Phi) is 4.45. The van der Waals surface area contributed by atoms with Gasteiger partial charge in [0.1, 0.15) is 6.04 Å². The number of rotatable bonds is 4. The summed E-state index contributed by atoms with van der Waals surface area (Å²) < 4.78 is 1.66. The van der Waals surface area contributed by atoms with Crippen LogP contribution in [0.3, 0.4) is 0 Å². The maximum atomic E-state index is 12.6. The summed E-state index contributed by atoms with van der Waals surface area (Å²) in [6.45, 7) is 5.26. The van der Waals surface area contributed by atoms with Crippen molar-refractivity contribution in [2.24, 2.45) is 5.41 Å². The number of hydrogen-bond acceptors (Lipinski definition) is 4. The predicted octanol–water partition coefficient (Wildman–Crippen LogP) is 2.10. The summed E-state index contributed by atoms with van der Waals surface area (Å²) in [6.07, 6.45) is 8.14. The summed E-state index contributed by atoms with van der Waals surface area (Å²) in [5.74, 6) is 0.351. The summed E-state index contributed by atoms with van der Waals surface area (Å²) in [6, 6.07) is 4.79. The molecule has 142 valence electrons. The highest BCUT2D eigenvalue weighted by molar-refractivity contribution is 5.97. The lowest BCUT2D eigenvalue weighted by atomic mass is 9.93. The van der Waals surface area contributed by atoms with Crippen molar-refractivity contribution in [1.82, 2.24) is 25.0 Å². The minimum Gasteiger partial charge on any atom is -0.341 e. The van der Waals surface area contributed by atoms with E-state index in [4.69, 9.17) is 0 Å². The number of amides is 2. The van der Waals surface area contributed by atoms with Gasteiger partial charge in [0, 0.05) is 25.5 Å². The third-order valence-corrected chi connectivity index (χ3v) is 5.78. The number of hydrogen-bond donors (Lipinski definition) is 1. The van der Waals surface area contributed by atoms with Gasteiger partial charge in [-0.25, -0.2) is 9.67 Å². The molecule has 2 aromatic heterocycles. The second-order valence-corrected chi connectivity index (χ2v) is 7.83. The van der Waals surface area contributed by atoms with Crippen molar-refractivity contribution in [3.8, 4) is 5.82 Å². The summed E-state index contributed by atoms with van der Waals surface area (Å²) in [5, 5.41) is 7.10. The van der Waals surface area contributed by atoms with Gasteiger partial charge in [0.05, 0.1) is 11.3 Å². The molecule has 1 aliphatic heterocycles. The molecular weight excluding hydrogens is 342 g/mol. The lowest BCUT2D eigenvalue weighted by molar-refractivity contribution is -0.134. The first-order valence-corrected chi connectivity index (χ1v) is 9.54. The molecule has 2 aromatic rings. The van der Waals surface area contributed by atoms with Crippen LogP contribution in [0.1, 0.15) is 48.7 Å². The van der Waals surface area contributed by atoms with Crippen molar-refractivity contribution in [1.29, 1.82) is 0 Å². The van der Waals surface area contributed by atoms with Crippen LogP contribution in [-0.2, 0) is 4.79 Å². The first-order valence-electron chi connectivity index (χ1n) is 9.54. The van der Waals surface area contributed by atoms with Crippen molar-refractivity contribution < 1.29 is 9.59 Å². The Hall–Kier alpha value is -2.70. The smallest absolute Gasteiger partial charge is 0.253 e. The van der Waals surface area contributed by atoms with E-state index in [1.165, 1.54) is 19.0 Å². The molecule has 2 fully saturated rings. The Bertz CT molecular complexity index is 844. The standard InChI is InChI=1S/C20H25N5O2/c1-14-5-10-25(23-14)17-4-3-16(13-21-17)18(26)22-15(2)19(27)24-11-8-20(6-7-20)9-12-24/h3-5,10,13,15H,6-9,11-12H2,1-2H3,(H,22,26). The van der Waals surface area contributed by atoms with Crippen LogP contribution in [0, 0.1) is 12.3 Å². The van der Waals surface area contributed by atoms with Gasteiger partial charge in [-0.15, -0.1) is 0 Å². The molecule has 1 saturated heterocycles. The van der Waals surface area contributed by atoms with Gasteiger partial charge in [-0.2, -0.15) is 5.10 Å². The zero-order valence-electron chi connectivity index (χ0n) is 15.8. The van der Waals surface area contributed by atoms with Gasteiger partial charge in [0.15, 0.2) is 5.82 Å². The summed E-state index contributed by atoms with van der Waals surface area (Å²) >= 11 is 0. The van der Waals surface area contributed by atoms with E-state index in [9.17, 15) is 9.59 Å². The van der Waals surface area contributed by atoms with Crippen LogP contribution in [-0.4, -0.2) is 50.6 Å². The second kappa shape index (κ2) is 6.79. The van der Waals surface area contributed by atoms with E-state index < -0.39 is 6.04 Å². The molecule has 1 spiro atoms. The number of likely N-dealkylation sites (tertiary alicyclic amines) is 1. The first kappa shape index (κ1) is 17.7. The molecule has 2 amide bonds. The van der Waals surface area contributed by atoms with Crippen molar-refractivity contribution in [3.63, 3.8) is 0 Å². The second-order valence-electron chi connectivity index (χ2n) is 7.83. The molecule has 0 bridgehead atoms. The summed E-state index contributed by atoms with van der Waals surface area (Å²) in [7, 11) is 0. The first-order chi connectivity index (χ1) is 13.0. The molecule has 1 aliphatic carbocycles. The number of carbonyl (C=O) groups excluding carboxylic acids is 2. The van der Waals surface area contributed by atoms with E-state index in [1.807, 2.05) is 24.1 Å². The van der Waals surface area contributed by atoms with Crippen LogP contribution in [0.4, 0.5) is 0 Å². The third-order valence-electron chi connectivity index (χ3n) is 5.78. The fraction of sp³-hybridized carbons (Fsp3) is 0.500. The van der Waals surface area contributed by atoms with Gasteiger partial charge in [0.25, 0.3) is 5.91 Å². The molecule has 2 aliphatic rings. The van der Waals surface area contributed by atoms with E-state index in [-0.39, 0.29) is 11.8 Å². The van der Waals surface area contributed by atoms with Crippen LogP contribution >= 0.6 is 0 Å². The highest BCUT2D eigenvalue weighted by atomic mass is 16.2. The maximum absolute atomic E-state index is 12.6. The molecule has 1 N–H and O–H groups in total. The Morgan fingerprint density at radius 1 is 1.15 bits per heavy atom. The summed E-state index contributed by atoms with van der Waals surface area (Å²) in [5.41, 5.74) is 1.86. The molecule has 1 saturated carbocycles. The van der Waals surface area contributed by atoms with Crippen LogP contribution in [0.2, 0.25) is 0 Å². The Morgan fingerprint density at radius 2 is 1.89 bits per heavy atom.